The molecule has 0 radical (unpaired) electrons. The van der Waals surface area contributed by atoms with Crippen molar-refractivity contribution in [3.63, 3.8) is 0 Å². The average molecular weight is 347 g/mol. The number of guanidine groups is 1. The van der Waals surface area contributed by atoms with Crippen molar-refractivity contribution < 1.29 is 13.5 Å². The van der Waals surface area contributed by atoms with Gasteiger partial charge in [-0.3, -0.25) is 0 Å². The number of furan rings is 1. The molecule has 0 saturated heterocycles. The van der Waals surface area contributed by atoms with Crippen molar-refractivity contribution in [2.24, 2.45) is 10.9 Å². The quantitative estimate of drug-likeness (QED) is 0.568. The molecule has 0 unspecified atom stereocenters. The van der Waals surface area contributed by atoms with Crippen LogP contribution in [0.5, 0.6) is 5.75 Å². The molecule has 25 heavy (non-hydrogen) atoms. The smallest absolute Gasteiger partial charge is 0.191 e. The highest BCUT2D eigenvalue weighted by molar-refractivity contribution is 5.79. The minimum Gasteiger partial charge on any atom is -0.497 e. The van der Waals surface area contributed by atoms with Gasteiger partial charge in [0.2, 0.25) is 0 Å². The molecule has 1 aromatic heterocycles. The van der Waals surface area contributed by atoms with Crippen molar-refractivity contribution in [2.75, 3.05) is 20.2 Å². The molecule has 0 atom stereocenters. The van der Waals surface area contributed by atoms with Gasteiger partial charge < -0.3 is 19.8 Å². The van der Waals surface area contributed by atoms with E-state index in [-0.39, 0.29) is 5.82 Å². The number of hydrogen-bond acceptors (Lipinski definition) is 3. The van der Waals surface area contributed by atoms with Crippen LogP contribution >= 0.6 is 0 Å². The van der Waals surface area contributed by atoms with Crippen LogP contribution in [0.2, 0.25) is 0 Å². The molecule has 0 aliphatic rings. The Kier molecular flexibility index (Phi) is 7.32. The second-order valence-corrected chi connectivity index (χ2v) is 6.20. The Bertz CT molecular complexity index is 669. The second kappa shape index (κ2) is 9.71. The summed E-state index contributed by atoms with van der Waals surface area (Å²) < 4.78 is 24.0. The van der Waals surface area contributed by atoms with Gasteiger partial charge in [0.1, 0.15) is 17.3 Å². The summed E-state index contributed by atoms with van der Waals surface area (Å²) in [5.74, 6) is 2.28. The first-order valence-corrected chi connectivity index (χ1v) is 8.45. The first-order valence-electron chi connectivity index (χ1n) is 8.45. The summed E-state index contributed by atoms with van der Waals surface area (Å²) in [4.78, 5) is 4.54. The molecular weight excluding hydrogens is 321 g/mol. The van der Waals surface area contributed by atoms with Gasteiger partial charge in [-0.2, -0.15) is 0 Å². The summed E-state index contributed by atoms with van der Waals surface area (Å²) in [6.07, 6.45) is 2.43. The molecule has 0 aliphatic carbocycles. The van der Waals surface area contributed by atoms with Crippen LogP contribution in [0.4, 0.5) is 4.39 Å². The van der Waals surface area contributed by atoms with Gasteiger partial charge in [0.15, 0.2) is 5.96 Å². The Morgan fingerprint density at radius 1 is 1.28 bits per heavy atom. The molecule has 2 aromatic rings. The Morgan fingerprint density at radius 2 is 2.12 bits per heavy atom. The minimum atomic E-state index is -0.327. The van der Waals surface area contributed by atoms with Crippen LogP contribution in [-0.2, 0) is 13.0 Å². The predicted molar refractivity (Wildman–Crippen MR) is 97.3 cm³/mol. The normalized spacial score (nSPS) is 11.6. The third-order valence-corrected chi connectivity index (χ3v) is 3.51. The van der Waals surface area contributed by atoms with Crippen LogP contribution in [-0.4, -0.2) is 26.2 Å². The summed E-state index contributed by atoms with van der Waals surface area (Å²) in [6.45, 7) is 6.13. The lowest BCUT2D eigenvalue weighted by Crippen LogP contribution is -2.40. The predicted octanol–water partition coefficient (Wildman–Crippen LogP) is 3.36. The van der Waals surface area contributed by atoms with E-state index in [1.807, 2.05) is 12.1 Å². The fraction of sp³-hybridized carbons (Fsp3) is 0.421. The van der Waals surface area contributed by atoms with Crippen LogP contribution in [0, 0.1) is 11.7 Å². The van der Waals surface area contributed by atoms with E-state index in [0.717, 1.165) is 24.3 Å². The van der Waals surface area contributed by atoms with Gasteiger partial charge in [-0.1, -0.05) is 13.8 Å². The van der Waals surface area contributed by atoms with E-state index in [9.17, 15) is 4.39 Å². The highest BCUT2D eigenvalue weighted by Crippen LogP contribution is 2.16. The molecule has 6 heteroatoms. The van der Waals surface area contributed by atoms with Gasteiger partial charge in [-0.05, 0) is 35.7 Å². The maximum Gasteiger partial charge on any atom is 0.191 e. The van der Waals surface area contributed by atoms with Crippen LogP contribution in [0.15, 0.2) is 46.0 Å². The third-order valence-electron chi connectivity index (χ3n) is 3.51. The Balaban J connectivity index is 1.97. The molecule has 2 N–H and O–H groups in total. The average Bonchev–Trinajstić information content (AvgIpc) is 3.09. The van der Waals surface area contributed by atoms with Gasteiger partial charge >= 0.3 is 0 Å². The lowest BCUT2D eigenvalue weighted by molar-refractivity contribution is 0.410. The zero-order chi connectivity index (χ0) is 18.1. The first-order chi connectivity index (χ1) is 12.1. The number of nitrogens with zero attached hydrogens (tertiary/aromatic N) is 1. The first kappa shape index (κ1) is 18.8. The highest BCUT2D eigenvalue weighted by atomic mass is 19.1. The largest absolute Gasteiger partial charge is 0.497 e. The Morgan fingerprint density at radius 3 is 2.80 bits per heavy atom. The number of methoxy groups -OCH3 is 1. The van der Waals surface area contributed by atoms with Gasteiger partial charge in [-0.15, -0.1) is 0 Å². The number of aliphatic imine (C=N–C) groups is 1. The van der Waals surface area contributed by atoms with Crippen molar-refractivity contribution >= 4 is 5.96 Å². The fourth-order valence-corrected chi connectivity index (χ4v) is 2.23. The van der Waals surface area contributed by atoms with Crippen molar-refractivity contribution in [1.82, 2.24) is 10.6 Å². The van der Waals surface area contributed by atoms with E-state index in [1.165, 1.54) is 19.2 Å². The van der Waals surface area contributed by atoms with Crippen LogP contribution in [0.3, 0.4) is 0 Å². The molecule has 0 spiro atoms. The van der Waals surface area contributed by atoms with Gasteiger partial charge in [0.25, 0.3) is 0 Å². The zero-order valence-electron chi connectivity index (χ0n) is 15.0. The molecule has 1 aromatic carbocycles. The van der Waals surface area contributed by atoms with Crippen molar-refractivity contribution in [1.29, 1.82) is 0 Å². The van der Waals surface area contributed by atoms with E-state index in [0.29, 0.717) is 30.7 Å². The molecule has 1 heterocycles. The summed E-state index contributed by atoms with van der Waals surface area (Å²) >= 11 is 0. The maximum absolute atomic E-state index is 13.6. The monoisotopic (exact) mass is 347 g/mol. The van der Waals surface area contributed by atoms with Crippen LogP contribution in [0.25, 0.3) is 0 Å². The number of hydrogen-bond donors (Lipinski definition) is 2. The Labute approximate surface area is 148 Å². The second-order valence-electron chi connectivity index (χ2n) is 6.20. The zero-order valence-corrected chi connectivity index (χ0v) is 15.0. The topological polar surface area (TPSA) is 58.8 Å². The fourth-order valence-electron chi connectivity index (χ4n) is 2.23. The van der Waals surface area contributed by atoms with E-state index >= 15 is 0 Å². The van der Waals surface area contributed by atoms with Gasteiger partial charge in [0, 0.05) is 25.6 Å². The van der Waals surface area contributed by atoms with Gasteiger partial charge in [0.05, 0.1) is 19.9 Å². The summed E-state index contributed by atoms with van der Waals surface area (Å²) in [6, 6.07) is 8.43. The van der Waals surface area contributed by atoms with E-state index in [4.69, 9.17) is 9.15 Å². The molecule has 136 valence electrons. The SMILES string of the molecule is COc1cc(F)cc(CN=C(NCCc2ccco2)NCC(C)C)c1. The minimum absolute atomic E-state index is 0.327. The molecule has 0 bridgehead atoms. The number of nitrogens with one attached hydrogen (secondary N) is 2. The molecular formula is C19H26FN3O2. The third kappa shape index (κ3) is 6.87. The summed E-state index contributed by atoms with van der Waals surface area (Å²) in [5, 5.41) is 6.58. The molecule has 5 nitrogen and oxygen atoms in total. The lowest BCUT2D eigenvalue weighted by Gasteiger charge is -2.14. The lowest BCUT2D eigenvalue weighted by atomic mass is 10.2. The molecule has 0 aliphatic heterocycles. The molecule has 0 fully saturated rings. The van der Waals surface area contributed by atoms with E-state index in [2.05, 4.69) is 29.5 Å². The van der Waals surface area contributed by atoms with Crippen molar-refractivity contribution in [3.05, 3.63) is 53.7 Å². The van der Waals surface area contributed by atoms with Crippen molar-refractivity contribution in [2.45, 2.75) is 26.8 Å². The molecule has 0 saturated carbocycles. The molecule has 0 amide bonds. The highest BCUT2D eigenvalue weighted by Gasteiger charge is 2.04. The van der Waals surface area contributed by atoms with Gasteiger partial charge in [-0.25, -0.2) is 9.38 Å². The number of halogens is 1. The summed E-state index contributed by atoms with van der Waals surface area (Å²) in [5.41, 5.74) is 0.758. The van der Waals surface area contributed by atoms with Crippen LogP contribution in [0.1, 0.15) is 25.2 Å². The summed E-state index contributed by atoms with van der Waals surface area (Å²) in [7, 11) is 1.52. The maximum atomic E-state index is 13.6. The standard InChI is InChI=1S/C19H26FN3O2/c1-14(2)12-22-19(21-7-6-17-5-4-8-25-17)23-13-15-9-16(20)11-18(10-15)24-3/h4-5,8-11,14H,6-7,12-13H2,1-3H3,(H2,21,22,23). The van der Waals surface area contributed by atoms with E-state index < -0.39 is 0 Å². The number of ether oxygens (including phenoxy) is 1. The number of rotatable bonds is 8. The van der Waals surface area contributed by atoms with Crippen LogP contribution < -0.4 is 15.4 Å². The Hall–Kier alpha value is -2.50. The van der Waals surface area contributed by atoms with E-state index in [1.54, 1.807) is 12.3 Å². The van der Waals surface area contributed by atoms with Crippen molar-refractivity contribution in [3.8, 4) is 5.75 Å². The molecule has 2 rings (SSSR count). The number of benzene rings is 1.